The molecule has 0 aromatic heterocycles. The SMILES string of the molecule is COc1cccc2c1CCC(=O)N2CCCN1CCN(c2cccc(OC(C)C)c2)CC1.Cl.Cl. The van der Waals surface area contributed by atoms with Gasteiger partial charge in [0.1, 0.15) is 11.5 Å². The van der Waals surface area contributed by atoms with Crippen molar-refractivity contribution in [2.45, 2.75) is 39.2 Å². The molecule has 0 unspecified atom stereocenters. The lowest BCUT2D eigenvalue weighted by Crippen LogP contribution is -2.47. The van der Waals surface area contributed by atoms with Gasteiger partial charge in [-0.05, 0) is 57.5 Å². The molecule has 2 aliphatic heterocycles. The summed E-state index contributed by atoms with van der Waals surface area (Å²) in [6.07, 6.45) is 2.48. The molecule has 2 aromatic carbocycles. The second kappa shape index (κ2) is 13.1. The summed E-state index contributed by atoms with van der Waals surface area (Å²) in [5.74, 6) is 2.04. The number of hydrogen-bond donors (Lipinski definition) is 0. The number of benzene rings is 2. The average Bonchev–Trinajstić information content (AvgIpc) is 2.80. The number of rotatable bonds is 8. The maximum atomic E-state index is 12.6. The summed E-state index contributed by atoms with van der Waals surface area (Å²) in [5, 5.41) is 0. The normalized spacial score (nSPS) is 15.9. The van der Waals surface area contributed by atoms with Crippen molar-refractivity contribution in [1.82, 2.24) is 4.90 Å². The molecule has 0 N–H and O–H groups in total. The molecule has 1 amide bonds. The van der Waals surface area contributed by atoms with Crippen molar-refractivity contribution in [3.8, 4) is 11.5 Å². The Morgan fingerprint density at radius 2 is 1.68 bits per heavy atom. The highest BCUT2D eigenvalue weighted by Crippen LogP contribution is 2.34. The number of halogens is 2. The molecule has 0 radical (unpaired) electrons. The van der Waals surface area contributed by atoms with E-state index in [1.54, 1.807) is 7.11 Å². The van der Waals surface area contributed by atoms with E-state index in [0.29, 0.717) is 6.42 Å². The molecular weight excluding hydrogens is 473 g/mol. The van der Waals surface area contributed by atoms with E-state index in [2.05, 4.69) is 41.8 Å². The predicted octanol–water partition coefficient (Wildman–Crippen LogP) is 4.82. The first-order valence-electron chi connectivity index (χ1n) is 11.8. The standard InChI is InChI=1S/C26H35N3O3.2ClH/c1-20(2)32-22-8-4-7-21(19-22)28-17-15-27(16-18-28)13-6-14-29-24-9-5-10-25(31-3)23(24)11-12-26(29)30;;/h4-5,7-10,19-20H,6,11-18H2,1-3H3;2*1H. The molecular formula is C26H37Cl2N3O3. The fourth-order valence-corrected chi connectivity index (χ4v) is 4.70. The number of amides is 1. The maximum Gasteiger partial charge on any atom is 0.227 e. The van der Waals surface area contributed by atoms with Gasteiger partial charge < -0.3 is 19.3 Å². The largest absolute Gasteiger partial charge is 0.496 e. The van der Waals surface area contributed by atoms with Crippen LogP contribution in [0.1, 0.15) is 32.3 Å². The molecule has 34 heavy (non-hydrogen) atoms. The maximum absolute atomic E-state index is 12.6. The van der Waals surface area contributed by atoms with Crippen molar-refractivity contribution in [2.24, 2.45) is 0 Å². The third-order valence-corrected chi connectivity index (χ3v) is 6.29. The summed E-state index contributed by atoms with van der Waals surface area (Å²) < 4.78 is 11.4. The van der Waals surface area contributed by atoms with Crippen molar-refractivity contribution in [3.63, 3.8) is 0 Å². The Balaban J connectivity index is 0.00000204. The quantitative estimate of drug-likeness (QED) is 0.510. The molecule has 1 saturated heterocycles. The zero-order valence-electron chi connectivity index (χ0n) is 20.4. The van der Waals surface area contributed by atoms with Crippen molar-refractivity contribution in [1.29, 1.82) is 0 Å². The van der Waals surface area contributed by atoms with E-state index in [-0.39, 0.29) is 36.8 Å². The topological polar surface area (TPSA) is 45.2 Å². The number of piperazine rings is 1. The molecule has 0 bridgehead atoms. The van der Waals surface area contributed by atoms with E-state index >= 15 is 0 Å². The van der Waals surface area contributed by atoms with Crippen LogP contribution in [0.4, 0.5) is 11.4 Å². The second-order valence-corrected chi connectivity index (χ2v) is 8.85. The van der Waals surface area contributed by atoms with Crippen molar-refractivity contribution in [3.05, 3.63) is 48.0 Å². The van der Waals surface area contributed by atoms with Crippen LogP contribution in [0.25, 0.3) is 0 Å². The molecule has 4 rings (SSSR count). The number of nitrogens with zero attached hydrogens (tertiary/aromatic N) is 3. The zero-order chi connectivity index (χ0) is 22.5. The number of ether oxygens (including phenoxy) is 2. The summed E-state index contributed by atoms with van der Waals surface area (Å²) in [6.45, 7) is 9.96. The minimum Gasteiger partial charge on any atom is -0.496 e. The fourth-order valence-electron chi connectivity index (χ4n) is 4.70. The molecule has 188 valence electrons. The van der Waals surface area contributed by atoms with E-state index in [4.69, 9.17) is 9.47 Å². The van der Waals surface area contributed by atoms with Gasteiger partial charge in [-0.15, -0.1) is 24.8 Å². The Kier molecular flexibility index (Phi) is 10.8. The van der Waals surface area contributed by atoms with Crippen LogP contribution in [-0.4, -0.2) is 63.3 Å². The van der Waals surface area contributed by atoms with Crippen LogP contribution in [0.3, 0.4) is 0 Å². The van der Waals surface area contributed by atoms with Crippen molar-refractivity contribution < 1.29 is 14.3 Å². The third kappa shape index (κ3) is 6.71. The summed E-state index contributed by atoms with van der Waals surface area (Å²) in [4.78, 5) is 19.5. The van der Waals surface area contributed by atoms with Crippen molar-refractivity contribution in [2.75, 3.05) is 56.2 Å². The summed E-state index contributed by atoms with van der Waals surface area (Å²) in [6, 6.07) is 14.4. The molecule has 2 aliphatic rings. The van der Waals surface area contributed by atoms with Gasteiger partial charge in [-0.3, -0.25) is 9.69 Å². The lowest BCUT2D eigenvalue weighted by atomic mass is 10.00. The first-order valence-corrected chi connectivity index (χ1v) is 11.8. The Bertz CT molecular complexity index is 933. The Morgan fingerprint density at radius 3 is 2.38 bits per heavy atom. The molecule has 1 fully saturated rings. The monoisotopic (exact) mass is 509 g/mol. The van der Waals surface area contributed by atoms with E-state index in [1.807, 2.05) is 29.2 Å². The minimum atomic E-state index is 0. The van der Waals surface area contributed by atoms with Crippen LogP contribution in [0, 0.1) is 0 Å². The Hall–Kier alpha value is -2.15. The van der Waals surface area contributed by atoms with Gasteiger partial charge in [0.25, 0.3) is 0 Å². The first-order chi connectivity index (χ1) is 15.5. The smallest absolute Gasteiger partial charge is 0.227 e. The number of anilines is 2. The minimum absolute atomic E-state index is 0. The van der Waals surface area contributed by atoms with Crippen LogP contribution >= 0.6 is 24.8 Å². The van der Waals surface area contributed by atoms with Crippen LogP contribution in [0.15, 0.2) is 42.5 Å². The van der Waals surface area contributed by atoms with Gasteiger partial charge in [-0.2, -0.15) is 0 Å². The molecule has 0 atom stereocenters. The number of methoxy groups -OCH3 is 1. The van der Waals surface area contributed by atoms with E-state index in [0.717, 1.165) is 74.9 Å². The van der Waals surface area contributed by atoms with Gasteiger partial charge in [-0.25, -0.2) is 0 Å². The molecule has 6 nitrogen and oxygen atoms in total. The molecule has 0 spiro atoms. The molecule has 2 aromatic rings. The molecule has 0 saturated carbocycles. The lowest BCUT2D eigenvalue weighted by Gasteiger charge is -2.37. The Labute approximate surface area is 216 Å². The predicted molar refractivity (Wildman–Crippen MR) is 144 cm³/mol. The summed E-state index contributed by atoms with van der Waals surface area (Å²) >= 11 is 0. The number of carbonyl (C=O) groups excluding carboxylic acids is 1. The summed E-state index contributed by atoms with van der Waals surface area (Å²) in [5.41, 5.74) is 3.41. The zero-order valence-corrected chi connectivity index (χ0v) is 22.0. The van der Waals surface area contributed by atoms with Gasteiger partial charge in [0.15, 0.2) is 0 Å². The lowest BCUT2D eigenvalue weighted by molar-refractivity contribution is -0.118. The Morgan fingerprint density at radius 1 is 0.941 bits per heavy atom. The second-order valence-electron chi connectivity index (χ2n) is 8.85. The first kappa shape index (κ1) is 28.1. The average molecular weight is 511 g/mol. The van der Waals surface area contributed by atoms with E-state index < -0.39 is 0 Å². The van der Waals surface area contributed by atoms with Crippen LogP contribution < -0.4 is 19.3 Å². The van der Waals surface area contributed by atoms with Crippen LogP contribution in [0.5, 0.6) is 11.5 Å². The molecule has 0 aliphatic carbocycles. The van der Waals surface area contributed by atoms with Gasteiger partial charge >= 0.3 is 0 Å². The van der Waals surface area contributed by atoms with Gasteiger partial charge in [0, 0.05) is 56.5 Å². The van der Waals surface area contributed by atoms with E-state index in [1.165, 1.54) is 5.69 Å². The molecule has 8 heteroatoms. The summed E-state index contributed by atoms with van der Waals surface area (Å²) in [7, 11) is 1.70. The van der Waals surface area contributed by atoms with Gasteiger partial charge in [0.05, 0.1) is 18.9 Å². The highest BCUT2D eigenvalue weighted by atomic mass is 35.5. The van der Waals surface area contributed by atoms with Crippen LogP contribution in [0.2, 0.25) is 0 Å². The highest BCUT2D eigenvalue weighted by Gasteiger charge is 2.26. The highest BCUT2D eigenvalue weighted by molar-refractivity contribution is 5.97. The fraction of sp³-hybridized carbons (Fsp3) is 0.500. The number of fused-ring (bicyclic) bond motifs is 1. The molecule has 2 heterocycles. The number of carbonyl (C=O) groups is 1. The van der Waals surface area contributed by atoms with Gasteiger partial charge in [-0.1, -0.05) is 12.1 Å². The van der Waals surface area contributed by atoms with Gasteiger partial charge in [0.2, 0.25) is 5.91 Å². The number of hydrogen-bond acceptors (Lipinski definition) is 5. The van der Waals surface area contributed by atoms with Crippen molar-refractivity contribution >= 4 is 42.1 Å². The van der Waals surface area contributed by atoms with Crippen LogP contribution in [-0.2, 0) is 11.2 Å². The van der Waals surface area contributed by atoms with E-state index in [9.17, 15) is 4.79 Å². The third-order valence-electron chi connectivity index (χ3n) is 6.29.